The van der Waals surface area contributed by atoms with Gasteiger partial charge in [-0.3, -0.25) is 0 Å². The molecule has 2 unspecified atom stereocenters. The highest BCUT2D eigenvalue weighted by atomic mass is 14.1. The van der Waals surface area contributed by atoms with E-state index in [9.17, 15) is 0 Å². The normalized spacial score (nSPS) is 14.5. The molecule has 0 nitrogen and oxygen atoms in total. The third kappa shape index (κ3) is 12.8. The van der Waals surface area contributed by atoms with E-state index in [1.165, 1.54) is 83.5 Å². The molecule has 0 aromatic carbocycles. The van der Waals surface area contributed by atoms with Crippen molar-refractivity contribution in [2.24, 2.45) is 11.8 Å². The van der Waals surface area contributed by atoms with Crippen LogP contribution in [-0.4, -0.2) is 0 Å². The summed E-state index contributed by atoms with van der Waals surface area (Å²) in [4.78, 5) is 0. The van der Waals surface area contributed by atoms with Crippen LogP contribution < -0.4 is 0 Å². The second-order valence-electron chi connectivity index (χ2n) is 6.66. The monoisotopic (exact) mass is 268 g/mol. The van der Waals surface area contributed by atoms with Crippen LogP contribution in [0.4, 0.5) is 0 Å². The molecule has 0 bridgehead atoms. The summed E-state index contributed by atoms with van der Waals surface area (Å²) < 4.78 is 0. The van der Waals surface area contributed by atoms with Crippen molar-refractivity contribution in [3.63, 3.8) is 0 Å². The largest absolute Gasteiger partial charge is 0.0654 e. The van der Waals surface area contributed by atoms with Crippen molar-refractivity contribution >= 4 is 0 Å². The first-order valence-corrected chi connectivity index (χ1v) is 9.24. The van der Waals surface area contributed by atoms with E-state index >= 15 is 0 Å². The average molecular weight is 269 g/mol. The fourth-order valence-corrected chi connectivity index (χ4v) is 3.00. The molecule has 0 saturated heterocycles. The van der Waals surface area contributed by atoms with Crippen LogP contribution >= 0.6 is 0 Å². The molecule has 0 rings (SSSR count). The summed E-state index contributed by atoms with van der Waals surface area (Å²) in [5.41, 5.74) is 0. The lowest BCUT2D eigenvalue weighted by molar-refractivity contribution is 0.353. The van der Waals surface area contributed by atoms with E-state index in [4.69, 9.17) is 0 Å². The van der Waals surface area contributed by atoms with E-state index < -0.39 is 0 Å². The van der Waals surface area contributed by atoms with Gasteiger partial charge < -0.3 is 0 Å². The molecule has 0 aromatic heterocycles. The van der Waals surface area contributed by atoms with Gasteiger partial charge in [0.15, 0.2) is 0 Å². The fraction of sp³-hybridized carbons (Fsp3) is 1.00. The second kappa shape index (κ2) is 14.4. The minimum absolute atomic E-state index is 0.960. The summed E-state index contributed by atoms with van der Waals surface area (Å²) in [5, 5.41) is 0. The van der Waals surface area contributed by atoms with Gasteiger partial charge in [0.2, 0.25) is 0 Å². The minimum Gasteiger partial charge on any atom is -0.0654 e. The van der Waals surface area contributed by atoms with Crippen LogP contribution in [0.2, 0.25) is 0 Å². The number of unbranched alkanes of at least 4 members (excludes halogenated alkanes) is 6. The molecular formula is C19H40. The van der Waals surface area contributed by atoms with E-state index in [0.717, 1.165) is 11.8 Å². The molecule has 116 valence electrons. The number of hydrogen-bond acceptors (Lipinski definition) is 0. The fourth-order valence-electron chi connectivity index (χ4n) is 3.00. The Bertz CT molecular complexity index is 161. The predicted octanol–water partition coefficient (Wildman–Crippen LogP) is 7.37. The predicted molar refractivity (Wildman–Crippen MR) is 89.7 cm³/mol. The van der Waals surface area contributed by atoms with Crippen molar-refractivity contribution in [2.45, 2.75) is 111 Å². The Morgan fingerprint density at radius 1 is 0.579 bits per heavy atom. The van der Waals surface area contributed by atoms with Gasteiger partial charge in [-0.15, -0.1) is 0 Å². The van der Waals surface area contributed by atoms with Gasteiger partial charge >= 0.3 is 0 Å². The van der Waals surface area contributed by atoms with Gasteiger partial charge in [0, 0.05) is 0 Å². The minimum atomic E-state index is 0.960. The van der Waals surface area contributed by atoms with Crippen molar-refractivity contribution in [1.82, 2.24) is 0 Å². The summed E-state index contributed by atoms with van der Waals surface area (Å²) in [6.07, 6.45) is 18.7. The Labute approximate surface area is 123 Å². The smallest absolute Gasteiger partial charge is 0.0417 e. The molecule has 0 aromatic rings. The molecule has 0 N–H and O–H groups in total. The van der Waals surface area contributed by atoms with Crippen LogP contribution in [0.25, 0.3) is 0 Å². The molecule has 2 atom stereocenters. The topological polar surface area (TPSA) is 0 Å². The maximum absolute atomic E-state index is 2.47. The Hall–Kier alpha value is 0. The van der Waals surface area contributed by atoms with Crippen molar-refractivity contribution in [2.75, 3.05) is 0 Å². The van der Waals surface area contributed by atoms with Gasteiger partial charge in [0.05, 0.1) is 0 Å². The van der Waals surface area contributed by atoms with E-state index in [1.807, 2.05) is 0 Å². The molecule has 0 radical (unpaired) electrons. The summed E-state index contributed by atoms with van der Waals surface area (Å²) in [7, 11) is 0. The molecule has 0 heteroatoms. The quantitative estimate of drug-likeness (QED) is 0.288. The highest BCUT2D eigenvalue weighted by Crippen LogP contribution is 2.24. The molecule has 0 aliphatic carbocycles. The Kier molecular flexibility index (Phi) is 14.4. The zero-order valence-corrected chi connectivity index (χ0v) is 14.3. The Balaban J connectivity index is 3.51. The first-order valence-electron chi connectivity index (χ1n) is 9.24. The molecule has 0 aliphatic heterocycles. The van der Waals surface area contributed by atoms with E-state index in [0.29, 0.717) is 0 Å². The van der Waals surface area contributed by atoms with Crippen LogP contribution in [-0.2, 0) is 0 Å². The molecule has 0 fully saturated rings. The summed E-state index contributed by atoms with van der Waals surface area (Å²) in [6, 6.07) is 0. The average Bonchev–Trinajstić information content (AvgIpc) is 2.43. The van der Waals surface area contributed by atoms with Crippen molar-refractivity contribution in [1.29, 1.82) is 0 Å². The molecule has 19 heavy (non-hydrogen) atoms. The van der Waals surface area contributed by atoms with Crippen LogP contribution in [0, 0.1) is 11.8 Å². The lowest BCUT2D eigenvalue weighted by Gasteiger charge is -2.18. The van der Waals surface area contributed by atoms with Gasteiger partial charge in [-0.05, 0) is 11.8 Å². The highest BCUT2D eigenvalue weighted by Gasteiger charge is 2.09. The van der Waals surface area contributed by atoms with E-state index in [2.05, 4.69) is 27.7 Å². The summed E-state index contributed by atoms with van der Waals surface area (Å²) in [6.45, 7) is 9.46. The van der Waals surface area contributed by atoms with Gasteiger partial charge in [-0.2, -0.15) is 0 Å². The SMILES string of the molecule is CCCCCCC(C)CCC(CC)CCCCCC. The van der Waals surface area contributed by atoms with Crippen molar-refractivity contribution in [3.8, 4) is 0 Å². The highest BCUT2D eigenvalue weighted by molar-refractivity contribution is 4.62. The molecular weight excluding hydrogens is 228 g/mol. The zero-order valence-electron chi connectivity index (χ0n) is 14.3. The lowest BCUT2D eigenvalue weighted by atomic mass is 9.88. The van der Waals surface area contributed by atoms with Gasteiger partial charge in [-0.1, -0.05) is 111 Å². The van der Waals surface area contributed by atoms with Crippen LogP contribution in [0.5, 0.6) is 0 Å². The molecule has 0 aliphatic rings. The molecule has 0 saturated carbocycles. The molecule has 0 spiro atoms. The van der Waals surface area contributed by atoms with Crippen molar-refractivity contribution < 1.29 is 0 Å². The zero-order chi connectivity index (χ0) is 14.3. The third-order valence-electron chi connectivity index (χ3n) is 4.66. The molecule has 0 heterocycles. The standard InChI is InChI=1S/C19H40/c1-5-8-10-12-14-18(4)16-17-19(7-3)15-13-11-9-6-2/h18-19H,5-17H2,1-4H3. The second-order valence-corrected chi connectivity index (χ2v) is 6.66. The summed E-state index contributed by atoms with van der Waals surface area (Å²) >= 11 is 0. The Morgan fingerprint density at radius 2 is 1.16 bits per heavy atom. The first-order chi connectivity index (χ1) is 9.24. The van der Waals surface area contributed by atoms with Crippen LogP contribution in [0.15, 0.2) is 0 Å². The summed E-state index contributed by atoms with van der Waals surface area (Å²) in [5.74, 6) is 1.97. The first kappa shape index (κ1) is 19.0. The van der Waals surface area contributed by atoms with Crippen LogP contribution in [0.3, 0.4) is 0 Å². The van der Waals surface area contributed by atoms with Gasteiger partial charge in [0.25, 0.3) is 0 Å². The van der Waals surface area contributed by atoms with Crippen molar-refractivity contribution in [3.05, 3.63) is 0 Å². The van der Waals surface area contributed by atoms with Gasteiger partial charge in [0.1, 0.15) is 0 Å². The lowest BCUT2D eigenvalue weighted by Crippen LogP contribution is -2.03. The third-order valence-corrected chi connectivity index (χ3v) is 4.66. The Morgan fingerprint density at radius 3 is 1.68 bits per heavy atom. The maximum atomic E-state index is 2.47. The maximum Gasteiger partial charge on any atom is -0.0417 e. The molecule has 0 amide bonds. The number of hydrogen-bond donors (Lipinski definition) is 0. The van der Waals surface area contributed by atoms with Gasteiger partial charge in [-0.25, -0.2) is 0 Å². The van der Waals surface area contributed by atoms with E-state index in [-0.39, 0.29) is 0 Å². The number of rotatable bonds is 14. The van der Waals surface area contributed by atoms with E-state index in [1.54, 1.807) is 0 Å². The van der Waals surface area contributed by atoms with Crippen LogP contribution in [0.1, 0.15) is 111 Å².